The van der Waals surface area contributed by atoms with Gasteiger partial charge >= 0.3 is 0 Å². The number of aryl methyl sites for hydroxylation is 1. The Kier molecular flexibility index (Phi) is 10.6. The summed E-state index contributed by atoms with van der Waals surface area (Å²) in [4.78, 5) is 2.31. The van der Waals surface area contributed by atoms with Gasteiger partial charge in [-0.25, -0.2) is 4.58 Å². The molecule has 0 spiro atoms. The number of rotatable bonds is 11. The second-order valence-electron chi connectivity index (χ2n) is 11.8. The molecule has 2 N–H and O–H groups in total. The summed E-state index contributed by atoms with van der Waals surface area (Å²) in [6.45, 7) is 11.6. The summed E-state index contributed by atoms with van der Waals surface area (Å²) in [7, 11) is -2.34. The van der Waals surface area contributed by atoms with Crippen LogP contribution in [0.25, 0.3) is 5.57 Å². The lowest BCUT2D eigenvalue weighted by molar-refractivity contribution is -0.539. The summed E-state index contributed by atoms with van der Waals surface area (Å²) in [6, 6.07) is 32.4. The topological polar surface area (TPSA) is 72.7 Å². The molecule has 1 aliphatic rings. The maximum absolute atomic E-state index is 11.7. The van der Waals surface area contributed by atoms with Crippen LogP contribution in [0.15, 0.2) is 131 Å². The third-order valence-electron chi connectivity index (χ3n) is 8.70. The summed E-state index contributed by atoms with van der Waals surface area (Å²) in [5.41, 5.74) is 12.4. The van der Waals surface area contributed by atoms with Crippen LogP contribution in [0.1, 0.15) is 48.6 Å². The first-order valence-electron chi connectivity index (χ1n) is 16.1. The van der Waals surface area contributed by atoms with Crippen LogP contribution in [0, 0.1) is 6.92 Å². The van der Waals surface area contributed by atoms with Gasteiger partial charge in [0, 0.05) is 49.2 Å². The first kappa shape index (κ1) is 33.6. The second-order valence-corrected chi connectivity index (χ2v) is 13.3. The van der Waals surface area contributed by atoms with Gasteiger partial charge in [-0.05, 0) is 109 Å². The summed E-state index contributed by atoms with van der Waals surface area (Å²) in [5, 5.41) is 3.23. The zero-order chi connectivity index (χ0) is 33.6. The minimum absolute atomic E-state index is 0.0929. The molecule has 7 heteroatoms. The van der Waals surface area contributed by atoms with Crippen molar-refractivity contribution < 1.29 is 17.5 Å². The number of nitrogens with zero attached hydrogens (tertiary/aromatic N) is 2. The Hall–Kier alpha value is -4.72. The van der Waals surface area contributed by atoms with Gasteiger partial charge in [0.05, 0.1) is 4.90 Å². The van der Waals surface area contributed by atoms with E-state index in [1.807, 2.05) is 13.1 Å². The molecule has 0 heterocycles. The van der Waals surface area contributed by atoms with E-state index < -0.39 is 10.1 Å². The van der Waals surface area contributed by atoms with E-state index in [0.29, 0.717) is 6.54 Å². The van der Waals surface area contributed by atoms with E-state index in [1.54, 1.807) is 6.07 Å². The van der Waals surface area contributed by atoms with Gasteiger partial charge in [0.2, 0.25) is 0 Å². The quantitative estimate of drug-likeness (QED) is 0.127. The number of hydrogen-bond donors (Lipinski definition) is 2. The molecular weight excluding hydrogens is 603 g/mol. The van der Waals surface area contributed by atoms with Crippen LogP contribution in [-0.2, 0) is 23.2 Å². The zero-order valence-electron chi connectivity index (χ0n) is 27.9. The number of anilines is 2. The van der Waals surface area contributed by atoms with E-state index in [4.69, 9.17) is 0 Å². The molecule has 0 radical (unpaired) electrons. The maximum atomic E-state index is 11.7. The molecule has 6 nitrogen and oxygen atoms in total. The average Bonchev–Trinajstić information content (AvgIpc) is 3.08. The molecular formula is C40H44N3O3S+. The molecule has 0 aliphatic heterocycles. The zero-order valence-corrected chi connectivity index (χ0v) is 28.7. The standard InChI is InChI=1S/C40H43N3O3S/c1-6-42(27-31-12-9-8-10-13-31)35-20-22-38(29(3)24-35)40(33-16-18-34(41-5)19-17-33)39-23-21-36(25-30(39)4)43(7-2)28-32-14-11-15-37(26-32)47(44,45)46/h8-26H,6-7,27-28H2,1-5H3,(H,44,45,46)/p+1. The van der Waals surface area contributed by atoms with Gasteiger partial charge in [0.1, 0.15) is 6.54 Å². The SMILES string of the molecule is CCN(Cc1ccccc1)c1ccc(/C(=C2/C=CC(=[N+](CC)Cc3cccc(S(=O)(=O)O)c3)C=C2C)c2ccc(NC)cc2)c(C)c1. The lowest BCUT2D eigenvalue weighted by Gasteiger charge is -2.25. The molecule has 0 saturated heterocycles. The van der Waals surface area contributed by atoms with Crippen LogP contribution in [0.4, 0.5) is 11.4 Å². The van der Waals surface area contributed by atoms with Gasteiger partial charge in [-0.3, -0.25) is 4.55 Å². The van der Waals surface area contributed by atoms with E-state index in [-0.39, 0.29) is 4.90 Å². The number of allylic oxidation sites excluding steroid dienone is 5. The smallest absolute Gasteiger partial charge is 0.294 e. The van der Waals surface area contributed by atoms with Gasteiger partial charge in [-0.15, -0.1) is 0 Å². The fraction of sp³-hybridized carbons (Fsp3) is 0.225. The largest absolute Gasteiger partial charge is 0.388 e. The number of nitrogens with one attached hydrogen (secondary N) is 1. The Morgan fingerprint density at radius 2 is 1.57 bits per heavy atom. The van der Waals surface area contributed by atoms with Crippen molar-refractivity contribution in [3.8, 4) is 0 Å². The molecule has 4 aromatic carbocycles. The van der Waals surface area contributed by atoms with E-state index >= 15 is 0 Å². The predicted molar refractivity (Wildman–Crippen MR) is 195 cm³/mol. The fourth-order valence-corrected chi connectivity index (χ4v) is 6.66. The molecule has 0 bridgehead atoms. The number of benzene rings is 4. The summed E-state index contributed by atoms with van der Waals surface area (Å²) < 4.78 is 35.2. The molecule has 47 heavy (non-hydrogen) atoms. The highest BCUT2D eigenvalue weighted by Crippen LogP contribution is 2.36. The monoisotopic (exact) mass is 646 g/mol. The third-order valence-corrected chi connectivity index (χ3v) is 9.55. The summed E-state index contributed by atoms with van der Waals surface area (Å²) >= 11 is 0. The second kappa shape index (κ2) is 14.8. The Labute approximate surface area is 279 Å². The van der Waals surface area contributed by atoms with Gasteiger partial charge in [0.15, 0.2) is 12.3 Å². The molecule has 0 amide bonds. The Bertz CT molecular complexity index is 1970. The molecule has 5 rings (SSSR count). The molecule has 0 atom stereocenters. The molecule has 0 unspecified atom stereocenters. The van der Waals surface area contributed by atoms with Crippen molar-refractivity contribution in [2.45, 2.75) is 45.7 Å². The highest BCUT2D eigenvalue weighted by atomic mass is 32.2. The first-order valence-corrected chi connectivity index (χ1v) is 17.5. The lowest BCUT2D eigenvalue weighted by atomic mass is 9.85. The maximum Gasteiger partial charge on any atom is 0.294 e. The Morgan fingerprint density at radius 3 is 2.19 bits per heavy atom. The van der Waals surface area contributed by atoms with Crippen molar-refractivity contribution in [2.75, 3.05) is 30.4 Å². The predicted octanol–water partition coefficient (Wildman–Crippen LogP) is 8.30. The van der Waals surface area contributed by atoms with Crippen molar-refractivity contribution >= 4 is 32.8 Å². The molecule has 1 aliphatic carbocycles. The third kappa shape index (κ3) is 7.99. The highest BCUT2D eigenvalue weighted by molar-refractivity contribution is 7.85. The summed E-state index contributed by atoms with van der Waals surface area (Å²) in [6.07, 6.45) is 6.54. The van der Waals surface area contributed by atoms with Crippen LogP contribution in [-0.4, -0.2) is 43.4 Å². The average molecular weight is 647 g/mol. The van der Waals surface area contributed by atoms with Crippen molar-refractivity contribution in [2.24, 2.45) is 0 Å². The van der Waals surface area contributed by atoms with E-state index in [1.165, 1.54) is 40.1 Å². The van der Waals surface area contributed by atoms with Crippen LogP contribution in [0.3, 0.4) is 0 Å². The molecule has 4 aromatic rings. The molecule has 242 valence electrons. The fourth-order valence-electron chi connectivity index (χ4n) is 6.11. The molecule has 0 fully saturated rings. The Morgan fingerprint density at radius 1 is 0.851 bits per heavy atom. The number of hydrogen-bond acceptors (Lipinski definition) is 4. The van der Waals surface area contributed by atoms with Crippen molar-refractivity contribution in [3.63, 3.8) is 0 Å². The van der Waals surface area contributed by atoms with Crippen LogP contribution in [0.5, 0.6) is 0 Å². The van der Waals surface area contributed by atoms with Crippen LogP contribution >= 0.6 is 0 Å². The van der Waals surface area contributed by atoms with E-state index in [9.17, 15) is 13.0 Å². The van der Waals surface area contributed by atoms with Gasteiger partial charge in [-0.1, -0.05) is 60.7 Å². The van der Waals surface area contributed by atoms with Crippen molar-refractivity contribution in [3.05, 3.63) is 154 Å². The summed E-state index contributed by atoms with van der Waals surface area (Å²) in [5.74, 6) is 0. The molecule has 0 saturated carbocycles. The van der Waals surface area contributed by atoms with Crippen LogP contribution in [0.2, 0.25) is 0 Å². The van der Waals surface area contributed by atoms with E-state index in [2.05, 4.69) is 134 Å². The van der Waals surface area contributed by atoms with Gasteiger partial charge < -0.3 is 10.2 Å². The lowest BCUT2D eigenvalue weighted by Crippen LogP contribution is -2.22. The Balaban J connectivity index is 1.56. The van der Waals surface area contributed by atoms with E-state index in [0.717, 1.165) is 53.3 Å². The minimum atomic E-state index is -4.27. The van der Waals surface area contributed by atoms with Crippen molar-refractivity contribution in [1.29, 1.82) is 0 Å². The normalized spacial score (nSPS) is 15.2. The first-order chi connectivity index (χ1) is 22.6. The van der Waals surface area contributed by atoms with Crippen LogP contribution < -0.4 is 10.2 Å². The minimum Gasteiger partial charge on any atom is -0.388 e. The molecule has 0 aromatic heterocycles. The van der Waals surface area contributed by atoms with Crippen molar-refractivity contribution in [1.82, 2.24) is 0 Å². The van der Waals surface area contributed by atoms with Gasteiger partial charge in [-0.2, -0.15) is 8.42 Å². The highest BCUT2D eigenvalue weighted by Gasteiger charge is 2.21. The van der Waals surface area contributed by atoms with Gasteiger partial charge in [0.25, 0.3) is 10.1 Å².